The molecule has 0 aliphatic carbocycles. The number of benzene rings is 3. The molecule has 1 amide bonds. The Morgan fingerprint density at radius 2 is 1.92 bits per heavy atom. The van der Waals surface area contributed by atoms with Crippen molar-refractivity contribution in [2.75, 3.05) is 13.7 Å². The van der Waals surface area contributed by atoms with Crippen LogP contribution in [0.3, 0.4) is 0 Å². The maximum Gasteiger partial charge on any atom is 0.294 e. The fraction of sp³-hybridized carbons (Fsp3) is 0.214. The molecule has 0 radical (unpaired) electrons. The van der Waals surface area contributed by atoms with Gasteiger partial charge in [0.05, 0.1) is 29.7 Å². The largest absolute Gasteiger partial charge is 0.497 e. The SMILES string of the molecule is COc1ccc2ccc(S(=O)(=O)O)cc2c1.N#Cc1cccc(CN2CC[C@H](NCc3ccsc3)C2=O)c1. The summed E-state index contributed by atoms with van der Waals surface area (Å²) in [5.74, 6) is 0.789. The summed E-state index contributed by atoms with van der Waals surface area (Å²) >= 11 is 1.67. The molecule has 3 aromatic carbocycles. The second-order valence-corrected chi connectivity index (χ2v) is 11.0. The van der Waals surface area contributed by atoms with E-state index in [-0.39, 0.29) is 16.8 Å². The number of nitriles is 1. The molecule has 2 heterocycles. The van der Waals surface area contributed by atoms with E-state index in [4.69, 9.17) is 14.6 Å². The quantitative estimate of drug-likeness (QED) is 0.323. The van der Waals surface area contributed by atoms with Crippen LogP contribution in [0.25, 0.3) is 10.8 Å². The lowest BCUT2D eigenvalue weighted by molar-refractivity contribution is -0.129. The third-order valence-electron chi connectivity index (χ3n) is 6.18. The highest BCUT2D eigenvalue weighted by Gasteiger charge is 2.31. The van der Waals surface area contributed by atoms with E-state index in [0.29, 0.717) is 23.2 Å². The van der Waals surface area contributed by atoms with E-state index in [9.17, 15) is 13.2 Å². The van der Waals surface area contributed by atoms with E-state index < -0.39 is 10.1 Å². The van der Waals surface area contributed by atoms with Crippen molar-refractivity contribution in [3.05, 3.63) is 94.2 Å². The number of carbonyl (C=O) groups excluding carboxylic acids is 1. The summed E-state index contributed by atoms with van der Waals surface area (Å²) in [6.07, 6.45) is 0.834. The van der Waals surface area contributed by atoms with E-state index in [0.717, 1.165) is 30.5 Å². The van der Waals surface area contributed by atoms with Crippen molar-refractivity contribution in [3.8, 4) is 11.8 Å². The van der Waals surface area contributed by atoms with Crippen LogP contribution in [0.5, 0.6) is 5.75 Å². The van der Waals surface area contributed by atoms with E-state index >= 15 is 0 Å². The highest BCUT2D eigenvalue weighted by atomic mass is 32.2. The topological polar surface area (TPSA) is 120 Å². The van der Waals surface area contributed by atoms with Crippen molar-refractivity contribution in [2.24, 2.45) is 0 Å². The van der Waals surface area contributed by atoms with Crippen LogP contribution >= 0.6 is 11.3 Å². The molecule has 5 rings (SSSR count). The van der Waals surface area contributed by atoms with Gasteiger partial charge in [0, 0.05) is 19.6 Å². The maximum absolute atomic E-state index is 12.4. The molecule has 0 saturated carbocycles. The summed E-state index contributed by atoms with van der Waals surface area (Å²) in [4.78, 5) is 14.2. The second-order valence-electron chi connectivity index (χ2n) is 8.78. The van der Waals surface area contributed by atoms with Gasteiger partial charge in [0.15, 0.2) is 0 Å². The number of hydrogen-bond donors (Lipinski definition) is 2. The number of hydrogen-bond acceptors (Lipinski definition) is 7. The van der Waals surface area contributed by atoms with Gasteiger partial charge < -0.3 is 15.0 Å². The second kappa shape index (κ2) is 12.2. The lowest BCUT2D eigenvalue weighted by Crippen LogP contribution is -2.37. The monoisotopic (exact) mass is 549 g/mol. The minimum atomic E-state index is -4.15. The van der Waals surface area contributed by atoms with Crippen LogP contribution in [0.1, 0.15) is 23.1 Å². The molecule has 0 unspecified atom stereocenters. The van der Waals surface area contributed by atoms with Gasteiger partial charge in [-0.25, -0.2) is 0 Å². The van der Waals surface area contributed by atoms with Crippen molar-refractivity contribution in [1.82, 2.24) is 10.2 Å². The van der Waals surface area contributed by atoms with Gasteiger partial charge >= 0.3 is 0 Å². The average molecular weight is 550 g/mol. The molecule has 10 heteroatoms. The van der Waals surface area contributed by atoms with Crippen molar-refractivity contribution < 1.29 is 22.5 Å². The first-order valence-electron chi connectivity index (χ1n) is 11.8. The summed E-state index contributed by atoms with van der Waals surface area (Å²) in [5, 5.41) is 18.0. The maximum atomic E-state index is 12.4. The number of nitrogens with one attached hydrogen (secondary N) is 1. The molecule has 0 spiro atoms. The van der Waals surface area contributed by atoms with Crippen LogP contribution in [0.2, 0.25) is 0 Å². The molecule has 2 N–H and O–H groups in total. The van der Waals surface area contributed by atoms with Gasteiger partial charge in [-0.15, -0.1) is 0 Å². The third kappa shape index (κ3) is 6.96. The predicted molar refractivity (Wildman–Crippen MR) is 146 cm³/mol. The number of ether oxygens (including phenoxy) is 1. The number of amides is 1. The minimum absolute atomic E-state index is 0.0981. The molecule has 1 aliphatic rings. The van der Waals surface area contributed by atoms with Crippen LogP contribution in [0, 0.1) is 11.3 Å². The van der Waals surface area contributed by atoms with Crippen LogP contribution < -0.4 is 10.1 Å². The Morgan fingerprint density at radius 1 is 1.11 bits per heavy atom. The first-order chi connectivity index (χ1) is 18.3. The molecule has 38 heavy (non-hydrogen) atoms. The smallest absolute Gasteiger partial charge is 0.294 e. The highest BCUT2D eigenvalue weighted by Crippen LogP contribution is 2.23. The Hall–Kier alpha value is -3.75. The number of carbonyl (C=O) groups is 1. The van der Waals surface area contributed by atoms with Crippen LogP contribution in [-0.2, 0) is 28.0 Å². The van der Waals surface area contributed by atoms with Crippen LogP contribution in [0.4, 0.5) is 0 Å². The average Bonchev–Trinajstić information content (AvgIpc) is 3.56. The van der Waals surface area contributed by atoms with E-state index in [2.05, 4.69) is 22.8 Å². The summed E-state index contributed by atoms with van der Waals surface area (Å²) in [6.45, 7) is 2.07. The molecule has 1 saturated heterocycles. The standard InChI is InChI=1S/C17H17N3OS.C11H10O4S/c18-9-13-2-1-3-14(8-13)11-20-6-4-16(17(20)21)19-10-15-5-7-22-12-15;1-15-10-4-2-8-3-5-11(16(12,13)14)7-9(8)6-10/h1-3,5,7-8,12,16,19H,4,6,10-11H2;2-7H,1H3,(H,12,13,14)/t16-;/m0./s1. The summed E-state index contributed by atoms with van der Waals surface area (Å²) in [6, 6.07) is 21.3. The summed E-state index contributed by atoms with van der Waals surface area (Å²) in [5.41, 5.74) is 2.86. The van der Waals surface area contributed by atoms with Crippen molar-refractivity contribution in [2.45, 2.75) is 30.4 Å². The Kier molecular flexibility index (Phi) is 8.76. The molecule has 1 atom stereocenters. The fourth-order valence-corrected chi connectivity index (χ4v) is 5.35. The third-order valence-corrected chi connectivity index (χ3v) is 7.76. The molecule has 4 aromatic rings. The van der Waals surface area contributed by atoms with E-state index in [1.54, 1.807) is 35.6 Å². The van der Waals surface area contributed by atoms with Gasteiger partial charge in [-0.05, 0) is 81.5 Å². The first-order valence-corrected chi connectivity index (χ1v) is 14.2. The Labute approximate surface area is 225 Å². The first kappa shape index (κ1) is 27.3. The number of nitrogens with zero attached hydrogens (tertiary/aromatic N) is 2. The zero-order valence-electron chi connectivity index (χ0n) is 20.7. The van der Waals surface area contributed by atoms with Gasteiger partial charge in [0.1, 0.15) is 5.75 Å². The Morgan fingerprint density at radius 3 is 2.63 bits per heavy atom. The van der Waals surface area contributed by atoms with Crippen LogP contribution in [0.15, 0.2) is 82.4 Å². The van der Waals surface area contributed by atoms with Crippen molar-refractivity contribution in [1.29, 1.82) is 5.26 Å². The molecular weight excluding hydrogens is 522 g/mol. The Bertz CT molecular complexity index is 1560. The number of methoxy groups -OCH3 is 1. The lowest BCUT2D eigenvalue weighted by atomic mass is 10.1. The van der Waals surface area contributed by atoms with Gasteiger partial charge in [-0.2, -0.15) is 25.0 Å². The normalized spacial score (nSPS) is 15.1. The molecule has 1 aromatic heterocycles. The molecule has 0 bridgehead atoms. The number of likely N-dealkylation sites (tertiary alicyclic amines) is 1. The Balaban J connectivity index is 0.000000186. The minimum Gasteiger partial charge on any atom is -0.497 e. The van der Waals surface area contributed by atoms with Crippen molar-refractivity contribution >= 4 is 38.1 Å². The molecule has 1 aliphatic heterocycles. The van der Waals surface area contributed by atoms with E-state index in [1.807, 2.05) is 34.5 Å². The molecule has 196 valence electrons. The van der Waals surface area contributed by atoms with Gasteiger partial charge in [0.25, 0.3) is 10.1 Å². The molecule has 8 nitrogen and oxygen atoms in total. The predicted octanol–water partition coefficient (Wildman–Crippen LogP) is 4.61. The zero-order chi connectivity index (χ0) is 27.1. The van der Waals surface area contributed by atoms with Gasteiger partial charge in [-0.3, -0.25) is 9.35 Å². The fourth-order valence-electron chi connectivity index (χ4n) is 4.17. The molecular formula is C28H27N3O5S2. The summed E-state index contributed by atoms with van der Waals surface area (Å²) < 4.78 is 35.9. The highest BCUT2D eigenvalue weighted by molar-refractivity contribution is 7.85. The van der Waals surface area contributed by atoms with Gasteiger partial charge in [-0.1, -0.05) is 24.3 Å². The van der Waals surface area contributed by atoms with Gasteiger partial charge in [0.2, 0.25) is 5.91 Å². The molecule has 1 fully saturated rings. The lowest BCUT2D eigenvalue weighted by Gasteiger charge is -2.17. The summed E-state index contributed by atoms with van der Waals surface area (Å²) in [7, 11) is -2.62. The van der Waals surface area contributed by atoms with E-state index in [1.165, 1.54) is 24.8 Å². The number of rotatable bonds is 7. The van der Waals surface area contributed by atoms with Crippen LogP contribution in [-0.4, -0.2) is 43.5 Å². The zero-order valence-corrected chi connectivity index (χ0v) is 22.3. The van der Waals surface area contributed by atoms with Crippen molar-refractivity contribution in [3.63, 3.8) is 0 Å². The number of thiophene rings is 1. The number of fused-ring (bicyclic) bond motifs is 1.